The van der Waals surface area contributed by atoms with Crippen LogP contribution >= 0.6 is 0 Å². The van der Waals surface area contributed by atoms with E-state index >= 15 is 0 Å². The minimum absolute atomic E-state index is 0.132. The van der Waals surface area contributed by atoms with E-state index < -0.39 is 107 Å². The first-order valence-electron chi connectivity index (χ1n) is 21.7. The van der Waals surface area contributed by atoms with Crippen LogP contribution in [0.3, 0.4) is 0 Å². The summed E-state index contributed by atoms with van der Waals surface area (Å²) in [5.74, 6) is -9.45. The number of carbonyl (C=O) groups excluding carboxylic acids is 4. The first kappa shape index (κ1) is 49.8. The summed E-state index contributed by atoms with van der Waals surface area (Å²) in [6, 6.07) is 0. The first-order chi connectivity index (χ1) is 27.0. The summed E-state index contributed by atoms with van der Waals surface area (Å²) < 4.78 is 19.7. The van der Waals surface area contributed by atoms with Crippen LogP contribution in [0.25, 0.3) is 0 Å². The predicted octanol–water partition coefficient (Wildman–Crippen LogP) is 5.45. The molecule has 5 N–H and O–H groups in total. The molecule has 3 rings (SSSR count). The van der Waals surface area contributed by atoms with Crippen molar-refractivity contribution in [2.45, 2.75) is 175 Å². The van der Waals surface area contributed by atoms with Crippen LogP contribution in [-0.4, -0.2) is 103 Å². The van der Waals surface area contributed by atoms with Gasteiger partial charge in [0.25, 0.3) is 0 Å². The fourth-order valence-corrected chi connectivity index (χ4v) is 9.21. The third-order valence-electron chi connectivity index (χ3n) is 13.5. The van der Waals surface area contributed by atoms with E-state index in [1.807, 2.05) is 39.0 Å². The number of allylic oxidation sites excluding steroid dienone is 4. The zero-order valence-electron chi connectivity index (χ0n) is 36.7. The molecule has 0 aliphatic carbocycles. The van der Waals surface area contributed by atoms with Crippen LogP contribution < -0.4 is 0 Å². The maximum atomic E-state index is 14.1. The molecular formula is C46H74O12. The van der Waals surface area contributed by atoms with Crippen LogP contribution in [0.4, 0.5) is 0 Å². The normalized spacial score (nSPS) is 45.6. The highest BCUT2D eigenvalue weighted by atomic mass is 16.7. The van der Waals surface area contributed by atoms with Gasteiger partial charge in [-0.3, -0.25) is 14.4 Å². The summed E-state index contributed by atoms with van der Waals surface area (Å²) in [5.41, 5.74) is -2.21. The zero-order valence-corrected chi connectivity index (χ0v) is 36.7. The SMILES string of the molecule is CC[C@H]1/C=C\C=C\C[C@@H](C)[C@H](O)[C@@](C)(O)C(=O)[C@@H](C)[C@H](O)[C@@H](C)C(=O)[C@@H](C)[C@H](O)[C@@H](C)/C=C/C(=O)OC2C(C)C(CC1)O[C@@]1(O[C@@H](C[C@@H](C)O)[C@@H](C)CC1=O)[C@H]2CC. The Bertz CT molecular complexity index is 1480. The molecule has 3 heterocycles. The number of aliphatic hydroxyl groups excluding tert-OH is 4. The molecule has 12 nitrogen and oxygen atoms in total. The Morgan fingerprint density at radius 2 is 1.47 bits per heavy atom. The van der Waals surface area contributed by atoms with Crippen LogP contribution in [0.5, 0.6) is 0 Å². The van der Waals surface area contributed by atoms with Crippen molar-refractivity contribution in [3.63, 3.8) is 0 Å². The Balaban J connectivity index is 2.05. The molecule has 2 saturated heterocycles. The van der Waals surface area contributed by atoms with Gasteiger partial charge in [-0.1, -0.05) is 92.7 Å². The third kappa shape index (κ3) is 11.4. The summed E-state index contributed by atoms with van der Waals surface area (Å²) >= 11 is 0. The van der Waals surface area contributed by atoms with Crippen LogP contribution in [-0.2, 0) is 33.4 Å². The molecule has 0 aromatic rings. The number of carbonyl (C=O) groups is 4. The van der Waals surface area contributed by atoms with E-state index in [-0.39, 0.29) is 30.0 Å². The van der Waals surface area contributed by atoms with Gasteiger partial charge < -0.3 is 39.7 Å². The summed E-state index contributed by atoms with van der Waals surface area (Å²) in [7, 11) is 0. The topological polar surface area (TPSA) is 197 Å². The van der Waals surface area contributed by atoms with Gasteiger partial charge in [0, 0.05) is 42.1 Å². The molecular weight excluding hydrogens is 744 g/mol. The van der Waals surface area contributed by atoms with E-state index in [1.54, 1.807) is 20.8 Å². The fourth-order valence-electron chi connectivity index (χ4n) is 9.21. The van der Waals surface area contributed by atoms with Gasteiger partial charge in [0.15, 0.2) is 11.6 Å². The average molecular weight is 819 g/mol. The van der Waals surface area contributed by atoms with Crippen LogP contribution in [0.2, 0.25) is 0 Å². The molecule has 12 heteroatoms. The number of ether oxygens (including phenoxy) is 3. The lowest BCUT2D eigenvalue weighted by atomic mass is 9.72. The maximum Gasteiger partial charge on any atom is 0.330 e. The summed E-state index contributed by atoms with van der Waals surface area (Å²) in [6.07, 6.45) is 7.01. The molecule has 2 bridgehead atoms. The zero-order chi connectivity index (χ0) is 43.9. The van der Waals surface area contributed by atoms with Crippen molar-refractivity contribution in [1.82, 2.24) is 0 Å². The van der Waals surface area contributed by atoms with E-state index in [4.69, 9.17) is 14.2 Å². The quantitative estimate of drug-likeness (QED) is 0.225. The molecule has 0 aromatic carbocycles. The number of ketones is 3. The van der Waals surface area contributed by atoms with E-state index in [9.17, 15) is 44.7 Å². The average Bonchev–Trinajstić information content (AvgIpc) is 3.18. The van der Waals surface area contributed by atoms with Crippen molar-refractivity contribution in [3.8, 4) is 0 Å². The number of aliphatic hydroxyl groups is 5. The van der Waals surface area contributed by atoms with Crippen molar-refractivity contribution in [1.29, 1.82) is 0 Å². The van der Waals surface area contributed by atoms with Gasteiger partial charge in [-0.05, 0) is 70.1 Å². The van der Waals surface area contributed by atoms with E-state index in [0.717, 1.165) is 6.42 Å². The Labute approximate surface area is 346 Å². The molecule has 2 fully saturated rings. The number of esters is 1. The van der Waals surface area contributed by atoms with Gasteiger partial charge in [-0.2, -0.15) is 0 Å². The van der Waals surface area contributed by atoms with Crippen molar-refractivity contribution in [3.05, 3.63) is 36.5 Å². The number of fused-ring (bicyclic) bond motifs is 2. The summed E-state index contributed by atoms with van der Waals surface area (Å²) in [4.78, 5) is 54.8. The molecule has 330 valence electrons. The molecule has 0 saturated carbocycles. The Morgan fingerprint density at radius 1 is 0.828 bits per heavy atom. The van der Waals surface area contributed by atoms with Crippen LogP contribution in [0, 0.1) is 53.3 Å². The second kappa shape index (κ2) is 21.3. The second-order valence-corrected chi connectivity index (χ2v) is 18.1. The number of hydrogen-bond donors (Lipinski definition) is 5. The van der Waals surface area contributed by atoms with Gasteiger partial charge in [-0.15, -0.1) is 0 Å². The second-order valence-electron chi connectivity index (χ2n) is 18.1. The molecule has 3 unspecified atom stereocenters. The molecule has 58 heavy (non-hydrogen) atoms. The molecule has 0 amide bonds. The molecule has 3 aliphatic rings. The standard InChI is InChI=1S/C46H74O12/c1-12-33-18-16-14-15-17-26(4)43(53)45(11,55)44(54)32(10)41(52)31(9)40(51)30(8)39(50)25(3)19-22-38(49)56-42-29(7)35(21-20-33)57-46(34(42)13-2)37(48)23-27(5)36(58-46)24-28(6)47/h14-16,18-19,22,25-36,39,41-43,47,50,52-53,55H,12-13,17,20-21,23-24H2,1-11H3/b15-14+,18-16-,22-19+/t25-,26+,27-,28+,29?,30-,31-,32-,33-,34-,35?,36-,39+,41+,42?,43-,45+,46+/m0/s1. The van der Waals surface area contributed by atoms with Crippen molar-refractivity contribution in [2.75, 3.05) is 0 Å². The molecule has 18 atom stereocenters. The Kier molecular flexibility index (Phi) is 18.3. The highest BCUT2D eigenvalue weighted by molar-refractivity contribution is 5.91. The monoisotopic (exact) mass is 819 g/mol. The maximum absolute atomic E-state index is 14.1. The molecule has 0 radical (unpaired) electrons. The molecule has 0 aromatic heterocycles. The van der Waals surface area contributed by atoms with Crippen LogP contribution in [0.1, 0.15) is 121 Å². The Hall–Kier alpha value is -2.58. The number of hydrogen-bond acceptors (Lipinski definition) is 12. The summed E-state index contributed by atoms with van der Waals surface area (Å²) in [6.45, 7) is 18.5. The van der Waals surface area contributed by atoms with Crippen molar-refractivity contribution < 1.29 is 58.9 Å². The number of Topliss-reactive ketones (excluding diaryl/α,β-unsaturated/α-hetero) is 3. The van der Waals surface area contributed by atoms with Gasteiger partial charge >= 0.3 is 5.97 Å². The van der Waals surface area contributed by atoms with Crippen molar-refractivity contribution in [2.24, 2.45) is 53.3 Å². The summed E-state index contributed by atoms with van der Waals surface area (Å²) in [5, 5.41) is 55.1. The lowest BCUT2D eigenvalue weighted by Gasteiger charge is -2.54. The number of rotatable bonds is 4. The van der Waals surface area contributed by atoms with Crippen LogP contribution in [0.15, 0.2) is 36.5 Å². The van der Waals surface area contributed by atoms with Gasteiger partial charge in [0.2, 0.25) is 5.79 Å². The van der Waals surface area contributed by atoms with E-state index in [2.05, 4.69) is 13.0 Å². The Morgan fingerprint density at radius 3 is 2.07 bits per heavy atom. The van der Waals surface area contributed by atoms with E-state index in [0.29, 0.717) is 32.1 Å². The third-order valence-corrected chi connectivity index (χ3v) is 13.5. The molecule has 3 aliphatic heterocycles. The highest BCUT2D eigenvalue weighted by Gasteiger charge is 2.61. The van der Waals surface area contributed by atoms with Crippen molar-refractivity contribution >= 4 is 23.3 Å². The molecule has 1 spiro atoms. The largest absolute Gasteiger partial charge is 0.458 e. The minimum Gasteiger partial charge on any atom is -0.458 e. The van der Waals surface area contributed by atoms with E-state index in [1.165, 1.54) is 39.8 Å². The minimum atomic E-state index is -2.21. The first-order valence-corrected chi connectivity index (χ1v) is 21.7. The highest BCUT2D eigenvalue weighted by Crippen LogP contribution is 2.48. The smallest absolute Gasteiger partial charge is 0.330 e. The lowest BCUT2D eigenvalue weighted by Crippen LogP contribution is -2.67. The predicted molar refractivity (Wildman–Crippen MR) is 220 cm³/mol. The van der Waals surface area contributed by atoms with Gasteiger partial charge in [-0.25, -0.2) is 4.79 Å². The lowest BCUT2D eigenvalue weighted by molar-refractivity contribution is -0.347. The fraction of sp³-hybridized carbons (Fsp3) is 0.783. The van der Waals surface area contributed by atoms with Gasteiger partial charge in [0.1, 0.15) is 17.5 Å². The van der Waals surface area contributed by atoms with Gasteiger partial charge in [0.05, 0.1) is 42.5 Å².